The predicted octanol–water partition coefficient (Wildman–Crippen LogP) is 10.0. The Morgan fingerprint density at radius 3 is 1.51 bits per heavy atom. The van der Waals surface area contributed by atoms with Crippen LogP contribution in [0.15, 0.2) is 112 Å². The molecule has 0 fully saturated rings. The van der Waals surface area contributed by atoms with Crippen LogP contribution in [0.2, 0.25) is 0 Å². The van der Waals surface area contributed by atoms with Gasteiger partial charge in [-0.2, -0.15) is 15.4 Å². The minimum absolute atomic E-state index is 0.366. The molecule has 0 aromatic carbocycles. The summed E-state index contributed by atoms with van der Waals surface area (Å²) in [6, 6.07) is 7.76. The van der Waals surface area contributed by atoms with Gasteiger partial charge in [0, 0.05) is 90.8 Å². The Balaban J connectivity index is 0.000000416. The molecule has 0 radical (unpaired) electrons. The second kappa shape index (κ2) is 37.9. The number of H-pyrrole nitrogens is 3. The van der Waals surface area contributed by atoms with Crippen molar-refractivity contribution >= 4 is 0 Å². The van der Waals surface area contributed by atoms with Crippen molar-refractivity contribution in [1.29, 1.82) is 0 Å². The van der Waals surface area contributed by atoms with E-state index in [-0.39, 0.29) is 0 Å². The number of pyridine rings is 1. The van der Waals surface area contributed by atoms with Gasteiger partial charge >= 0.3 is 0 Å². The van der Waals surface area contributed by atoms with Gasteiger partial charge in [0.1, 0.15) is 37.5 Å². The Labute approximate surface area is 438 Å². The van der Waals surface area contributed by atoms with Crippen LogP contribution in [0.1, 0.15) is 207 Å². The third-order valence-electron chi connectivity index (χ3n) is 9.50. The largest absolute Gasteiger partial charge is 0.348 e. The van der Waals surface area contributed by atoms with Gasteiger partial charge in [-0.25, -0.2) is 34.6 Å². The van der Waals surface area contributed by atoms with Crippen LogP contribution in [0.5, 0.6) is 0 Å². The summed E-state index contributed by atoms with van der Waals surface area (Å²) < 4.78 is 7.36. The molecule has 0 bridgehead atoms. The van der Waals surface area contributed by atoms with Crippen molar-refractivity contribution in [2.24, 2.45) is 0 Å². The molecule has 3 N–H and O–H groups in total. The standard InChI is InChI=1S/C8H11N.C7H10N2.2C6H10N2.3C5H9N3.2C4H8N4/c1-7(2)8-4-3-5-9-6-8;1-6(2)7-3-4-8-5-9-7;1-5(2)6-3-7-4-8-6;1-6(2)8-4-3-7-5-8;1-5(2)8-4-6-3-7-8;1-5(2)8-4-3-6-7-8;1-4(2)5-6-3-7-8-5;1-4(2)8-3-5-6-7-8;1-3(2)4-5-7-8-6-4/h3-7H,1-2H3;3-6H,1-2H3;3-5H,1-2H3,(H,7,8);3-6H,1-2H3;2*3-5H,1-2H3;3-4H,1-2H3,(H,6,7,8);3-4H,1-2H3;3H,1-2H3,(H,5,6,7,8). The van der Waals surface area contributed by atoms with Gasteiger partial charge in [0.2, 0.25) is 0 Å². The number of imidazole rings is 2. The molecule has 24 nitrogen and oxygen atoms in total. The van der Waals surface area contributed by atoms with Crippen LogP contribution in [0.25, 0.3) is 0 Å². The number of hydrogen-bond acceptors (Lipinski definition) is 17. The number of rotatable bonds is 9. The molecule has 0 aliphatic rings. The van der Waals surface area contributed by atoms with Crippen molar-refractivity contribution in [3.05, 3.63) is 141 Å². The molecule has 0 unspecified atom stereocenters. The number of aromatic amines is 3. The normalized spacial score (nSPS) is 10.3. The van der Waals surface area contributed by atoms with Crippen molar-refractivity contribution in [3.63, 3.8) is 0 Å². The Bertz CT molecular complexity index is 2040. The van der Waals surface area contributed by atoms with E-state index >= 15 is 0 Å². The van der Waals surface area contributed by atoms with Gasteiger partial charge in [0.15, 0.2) is 5.82 Å². The van der Waals surface area contributed by atoms with Crippen molar-refractivity contribution < 1.29 is 0 Å². The number of nitrogens with one attached hydrogen (secondary N) is 3. The molecule has 9 aromatic rings. The summed E-state index contributed by atoms with van der Waals surface area (Å²) in [5.74, 6) is 4.21. The predicted molar refractivity (Wildman–Crippen MR) is 287 cm³/mol. The molecule has 74 heavy (non-hydrogen) atoms. The molecule has 0 amide bonds. The monoisotopic (exact) mass is 1020 g/mol. The average Bonchev–Trinajstić information content (AvgIpc) is 4.24. The zero-order chi connectivity index (χ0) is 55.3. The molecule has 0 aliphatic carbocycles. The van der Waals surface area contributed by atoms with Gasteiger partial charge in [-0.05, 0) is 101 Å². The summed E-state index contributed by atoms with van der Waals surface area (Å²) in [4.78, 5) is 30.5. The van der Waals surface area contributed by atoms with E-state index in [0.717, 1.165) is 17.3 Å². The van der Waals surface area contributed by atoms with Crippen LogP contribution in [-0.4, -0.2) is 120 Å². The lowest BCUT2D eigenvalue weighted by molar-refractivity contribution is 0.514. The highest BCUT2D eigenvalue weighted by Gasteiger charge is 2.02. The van der Waals surface area contributed by atoms with Gasteiger partial charge in [-0.15, -0.1) is 20.4 Å². The van der Waals surface area contributed by atoms with Crippen LogP contribution < -0.4 is 0 Å². The third-order valence-corrected chi connectivity index (χ3v) is 9.50. The quantitative estimate of drug-likeness (QED) is 0.121. The van der Waals surface area contributed by atoms with Crippen molar-refractivity contribution in [3.8, 4) is 0 Å². The summed E-state index contributed by atoms with van der Waals surface area (Å²) >= 11 is 0. The van der Waals surface area contributed by atoms with Crippen molar-refractivity contribution in [1.82, 2.24) is 120 Å². The molecule has 0 saturated carbocycles. The van der Waals surface area contributed by atoms with E-state index in [2.05, 4.69) is 209 Å². The minimum Gasteiger partial charge on any atom is -0.348 e. The van der Waals surface area contributed by atoms with Crippen molar-refractivity contribution in [2.45, 2.75) is 178 Å². The lowest BCUT2D eigenvalue weighted by Gasteiger charge is -2.02. The SMILES string of the molecule is CC(C)c1cccnc1.CC(C)c1ccncn1.CC(C)c1cnc[nH]1.CC(C)c1ncn[nH]1.CC(C)c1nn[nH]n1.CC(C)n1ccnc1.CC(C)n1ccnn1.CC(C)n1cncn1.CC(C)n1cnnn1. The minimum atomic E-state index is 0.366. The highest BCUT2D eigenvalue weighted by atomic mass is 15.5. The smallest absolute Gasteiger partial charge is 0.177 e. The summed E-state index contributed by atoms with van der Waals surface area (Å²) in [6.45, 7) is 37.6. The fourth-order valence-electron chi connectivity index (χ4n) is 4.81. The molecule has 9 aromatic heterocycles. The van der Waals surface area contributed by atoms with Gasteiger partial charge in [0.05, 0.1) is 18.9 Å². The maximum Gasteiger partial charge on any atom is 0.177 e. The second-order valence-corrected chi connectivity index (χ2v) is 18.8. The first kappa shape index (κ1) is 64.2. The van der Waals surface area contributed by atoms with Crippen LogP contribution in [-0.2, 0) is 0 Å². The third kappa shape index (κ3) is 29.5. The summed E-state index contributed by atoms with van der Waals surface area (Å²) in [5, 5.41) is 41.8. The first-order valence-corrected chi connectivity index (χ1v) is 24.9. The van der Waals surface area contributed by atoms with E-state index in [9.17, 15) is 0 Å². The average molecular weight is 1020 g/mol. The highest BCUT2D eigenvalue weighted by Crippen LogP contribution is 2.11. The fourth-order valence-corrected chi connectivity index (χ4v) is 4.81. The lowest BCUT2D eigenvalue weighted by atomic mass is 10.1. The maximum absolute atomic E-state index is 4.07. The van der Waals surface area contributed by atoms with E-state index in [1.165, 1.54) is 17.6 Å². The molecule has 0 spiro atoms. The lowest BCUT2D eigenvalue weighted by Crippen LogP contribution is -2.00. The number of tetrazole rings is 2. The van der Waals surface area contributed by atoms with Crippen LogP contribution in [0.4, 0.5) is 0 Å². The molecule has 24 heteroatoms. The van der Waals surface area contributed by atoms with Crippen LogP contribution >= 0.6 is 0 Å². The molecule has 0 aliphatic heterocycles. The molecule has 9 heterocycles. The summed E-state index contributed by atoms with van der Waals surface area (Å²) in [7, 11) is 0. The van der Waals surface area contributed by atoms with Crippen LogP contribution in [0.3, 0.4) is 0 Å². The van der Waals surface area contributed by atoms with E-state index in [4.69, 9.17) is 0 Å². The molecule has 404 valence electrons. The Morgan fingerprint density at radius 2 is 1.24 bits per heavy atom. The van der Waals surface area contributed by atoms with E-state index in [0.29, 0.717) is 53.8 Å². The number of aromatic nitrogens is 24. The van der Waals surface area contributed by atoms with Gasteiger partial charge in [-0.1, -0.05) is 85.7 Å². The highest BCUT2D eigenvalue weighted by molar-refractivity contribution is 5.12. The Kier molecular flexibility index (Phi) is 32.9. The fraction of sp³-hybridized carbons (Fsp3) is 0.540. The Hall–Kier alpha value is -7.79. The molecule has 0 atom stereocenters. The molecule has 0 saturated heterocycles. The molecular weight excluding hydrogens is 937 g/mol. The van der Waals surface area contributed by atoms with Crippen molar-refractivity contribution in [2.75, 3.05) is 0 Å². The molecular formula is C50H84N24. The summed E-state index contributed by atoms with van der Waals surface area (Å²) in [5.41, 5.74) is 3.60. The molecule has 9 rings (SSSR count). The van der Waals surface area contributed by atoms with Gasteiger partial charge in [0.25, 0.3) is 0 Å². The zero-order valence-corrected chi connectivity index (χ0v) is 47.0. The number of nitrogens with zero attached hydrogens (tertiary/aromatic N) is 21. The van der Waals surface area contributed by atoms with E-state index < -0.39 is 0 Å². The zero-order valence-electron chi connectivity index (χ0n) is 47.0. The van der Waals surface area contributed by atoms with E-state index in [1.807, 2.05) is 70.9 Å². The maximum atomic E-state index is 4.07. The van der Waals surface area contributed by atoms with Gasteiger partial charge < -0.3 is 9.55 Å². The first-order valence-electron chi connectivity index (χ1n) is 24.9. The first-order chi connectivity index (χ1) is 35.2. The second-order valence-electron chi connectivity index (χ2n) is 18.8. The topological polar surface area (TPSA) is 286 Å². The number of hydrogen-bond donors (Lipinski definition) is 3. The van der Waals surface area contributed by atoms with Gasteiger partial charge in [-0.3, -0.25) is 19.4 Å². The summed E-state index contributed by atoms with van der Waals surface area (Å²) in [6.07, 6.45) is 26.1. The Morgan fingerprint density at radius 1 is 0.514 bits per heavy atom. The van der Waals surface area contributed by atoms with Crippen LogP contribution in [0, 0.1) is 0 Å². The van der Waals surface area contributed by atoms with E-state index in [1.54, 1.807) is 70.5 Å².